The van der Waals surface area contributed by atoms with Gasteiger partial charge in [0, 0.05) is 17.3 Å². The molecule has 156 valence electrons. The average molecular weight is 417 g/mol. The first-order chi connectivity index (χ1) is 15.6. The maximum Gasteiger partial charge on any atom is 0.488 e. The van der Waals surface area contributed by atoms with Crippen LogP contribution in [0.2, 0.25) is 0 Å². The van der Waals surface area contributed by atoms with Gasteiger partial charge in [0.2, 0.25) is 0 Å². The highest BCUT2D eigenvalue weighted by molar-refractivity contribution is 6.58. The Balaban J connectivity index is 1.92. The minimum atomic E-state index is -1.50. The molecule has 4 heteroatoms. The summed E-state index contributed by atoms with van der Waals surface area (Å²) in [6.07, 6.45) is 2.13. The van der Waals surface area contributed by atoms with Gasteiger partial charge in [-0.15, -0.1) is 0 Å². The van der Waals surface area contributed by atoms with Crippen molar-refractivity contribution in [3.63, 3.8) is 0 Å². The van der Waals surface area contributed by atoms with Gasteiger partial charge < -0.3 is 14.6 Å². The lowest BCUT2D eigenvalue weighted by atomic mass is 9.76. The molecule has 2 N–H and O–H groups in total. The molecule has 5 rings (SSSR count). The van der Waals surface area contributed by atoms with Gasteiger partial charge in [-0.05, 0) is 34.5 Å². The zero-order chi connectivity index (χ0) is 22.1. The van der Waals surface area contributed by atoms with Crippen LogP contribution in [0.3, 0.4) is 0 Å². The molecule has 0 radical (unpaired) electrons. The maximum absolute atomic E-state index is 9.70. The molecule has 0 unspecified atom stereocenters. The number of aryl methyl sites for hydroxylation is 1. The van der Waals surface area contributed by atoms with Crippen LogP contribution in [-0.4, -0.2) is 21.7 Å². The molecule has 1 heterocycles. The lowest BCUT2D eigenvalue weighted by Crippen LogP contribution is -2.38. The summed E-state index contributed by atoms with van der Waals surface area (Å²) in [6.45, 7) is 2.13. The number of rotatable bonds is 5. The summed E-state index contributed by atoms with van der Waals surface area (Å²) in [5.74, 6) is 0. The molecule has 0 atom stereocenters. The van der Waals surface area contributed by atoms with Crippen molar-refractivity contribution in [2.75, 3.05) is 0 Å². The van der Waals surface area contributed by atoms with Crippen molar-refractivity contribution >= 4 is 23.4 Å². The van der Waals surface area contributed by atoms with Crippen molar-refractivity contribution in [3.8, 4) is 0 Å². The van der Waals surface area contributed by atoms with Gasteiger partial charge in [0.25, 0.3) is 0 Å². The molecule has 5 aromatic rings. The van der Waals surface area contributed by atoms with Crippen molar-refractivity contribution in [1.29, 1.82) is 0 Å². The molecule has 0 bridgehead atoms. The van der Waals surface area contributed by atoms with Gasteiger partial charge in [0.05, 0.1) is 0 Å². The average Bonchev–Trinajstić information content (AvgIpc) is 3.18. The fraction of sp³-hybridized carbons (Fsp3) is 0.0714. The van der Waals surface area contributed by atoms with Crippen molar-refractivity contribution in [3.05, 3.63) is 138 Å². The lowest BCUT2D eigenvalue weighted by Gasteiger charge is -2.39. The van der Waals surface area contributed by atoms with E-state index in [-0.39, 0.29) is 0 Å². The normalized spacial score (nSPS) is 11.6. The minimum Gasteiger partial charge on any atom is -0.423 e. The first kappa shape index (κ1) is 20.3. The zero-order valence-corrected chi connectivity index (χ0v) is 17.9. The van der Waals surface area contributed by atoms with Crippen LogP contribution in [0.5, 0.6) is 0 Å². The predicted molar refractivity (Wildman–Crippen MR) is 131 cm³/mol. The molecule has 0 aliphatic rings. The summed E-state index contributed by atoms with van der Waals surface area (Å²) in [4.78, 5) is 0. The molecule has 1 aromatic heterocycles. The van der Waals surface area contributed by atoms with Crippen LogP contribution < -0.4 is 5.46 Å². The third-order valence-electron chi connectivity index (χ3n) is 6.33. The van der Waals surface area contributed by atoms with Gasteiger partial charge in [-0.1, -0.05) is 109 Å². The van der Waals surface area contributed by atoms with Crippen LogP contribution in [0.4, 0.5) is 0 Å². The van der Waals surface area contributed by atoms with E-state index >= 15 is 0 Å². The van der Waals surface area contributed by atoms with E-state index in [1.807, 2.05) is 30.3 Å². The second-order valence-corrected chi connectivity index (χ2v) is 8.11. The summed E-state index contributed by atoms with van der Waals surface area (Å²) in [7, 11) is -1.50. The van der Waals surface area contributed by atoms with Crippen molar-refractivity contribution in [1.82, 2.24) is 4.57 Å². The molecular formula is C28H24BNO2. The van der Waals surface area contributed by atoms with E-state index in [9.17, 15) is 10.0 Å². The fourth-order valence-corrected chi connectivity index (χ4v) is 4.85. The van der Waals surface area contributed by atoms with Crippen molar-refractivity contribution in [2.24, 2.45) is 0 Å². The number of fused-ring (bicyclic) bond motifs is 1. The van der Waals surface area contributed by atoms with Crippen LogP contribution in [0, 0.1) is 6.92 Å². The van der Waals surface area contributed by atoms with E-state index in [0.29, 0.717) is 5.46 Å². The van der Waals surface area contributed by atoms with Crippen LogP contribution in [0.25, 0.3) is 10.8 Å². The SMILES string of the molecule is Cc1c2ccc(B(O)O)cc2cn1C(c1ccccc1)(c1ccccc1)c1ccccc1. The molecule has 0 amide bonds. The third-order valence-corrected chi connectivity index (χ3v) is 6.33. The topological polar surface area (TPSA) is 45.4 Å². The van der Waals surface area contributed by atoms with Crippen molar-refractivity contribution < 1.29 is 10.0 Å². The monoisotopic (exact) mass is 417 g/mol. The Morgan fingerprint density at radius 2 is 1.12 bits per heavy atom. The second kappa shape index (κ2) is 8.15. The second-order valence-electron chi connectivity index (χ2n) is 8.11. The predicted octanol–water partition coefficient (Wildman–Crippen LogP) is 4.47. The molecule has 4 aromatic carbocycles. The molecular weight excluding hydrogens is 393 g/mol. The Hall–Kier alpha value is -3.60. The van der Waals surface area contributed by atoms with E-state index in [2.05, 4.69) is 90.5 Å². The number of nitrogens with zero attached hydrogens (tertiary/aromatic N) is 1. The highest BCUT2D eigenvalue weighted by Crippen LogP contribution is 2.43. The summed E-state index contributed by atoms with van der Waals surface area (Å²) in [6, 6.07) is 37.2. The Kier molecular flexibility index (Phi) is 5.18. The number of benzene rings is 4. The van der Waals surface area contributed by atoms with Crippen LogP contribution in [-0.2, 0) is 5.54 Å². The molecule has 0 saturated carbocycles. The van der Waals surface area contributed by atoms with E-state index in [1.165, 1.54) is 0 Å². The maximum atomic E-state index is 9.70. The largest absolute Gasteiger partial charge is 0.488 e. The minimum absolute atomic E-state index is 0.486. The third kappa shape index (κ3) is 3.16. The van der Waals surface area contributed by atoms with Gasteiger partial charge >= 0.3 is 7.12 Å². The van der Waals surface area contributed by atoms with Gasteiger partial charge in [0.15, 0.2) is 0 Å². The first-order valence-electron chi connectivity index (χ1n) is 10.8. The Bertz CT molecular complexity index is 1250. The zero-order valence-electron chi connectivity index (χ0n) is 17.9. The number of aromatic nitrogens is 1. The molecule has 3 nitrogen and oxygen atoms in total. The summed E-state index contributed by atoms with van der Waals surface area (Å²) in [5, 5.41) is 21.5. The summed E-state index contributed by atoms with van der Waals surface area (Å²) in [5.41, 5.74) is 4.47. The number of hydrogen-bond donors (Lipinski definition) is 2. The molecule has 0 aliphatic heterocycles. The Labute approximate surface area is 188 Å². The van der Waals surface area contributed by atoms with E-state index in [1.54, 1.807) is 6.07 Å². The van der Waals surface area contributed by atoms with E-state index in [0.717, 1.165) is 33.2 Å². The molecule has 0 saturated heterocycles. The van der Waals surface area contributed by atoms with E-state index in [4.69, 9.17) is 0 Å². The molecule has 0 spiro atoms. The Morgan fingerprint density at radius 1 is 0.656 bits per heavy atom. The van der Waals surface area contributed by atoms with Gasteiger partial charge in [0.1, 0.15) is 5.54 Å². The van der Waals surface area contributed by atoms with Crippen LogP contribution >= 0.6 is 0 Å². The highest BCUT2D eigenvalue weighted by Gasteiger charge is 2.39. The quantitative estimate of drug-likeness (QED) is 0.328. The fourth-order valence-electron chi connectivity index (χ4n) is 4.85. The van der Waals surface area contributed by atoms with Crippen LogP contribution in [0.1, 0.15) is 22.4 Å². The first-order valence-corrected chi connectivity index (χ1v) is 10.8. The van der Waals surface area contributed by atoms with E-state index < -0.39 is 12.7 Å². The summed E-state index contributed by atoms with van der Waals surface area (Å²) < 4.78 is 2.32. The molecule has 0 aliphatic carbocycles. The van der Waals surface area contributed by atoms with Gasteiger partial charge in [-0.3, -0.25) is 0 Å². The van der Waals surface area contributed by atoms with Crippen molar-refractivity contribution in [2.45, 2.75) is 12.5 Å². The summed E-state index contributed by atoms with van der Waals surface area (Å²) >= 11 is 0. The van der Waals surface area contributed by atoms with Gasteiger partial charge in [-0.25, -0.2) is 0 Å². The highest BCUT2D eigenvalue weighted by atomic mass is 16.4. The molecule has 32 heavy (non-hydrogen) atoms. The lowest BCUT2D eigenvalue weighted by molar-refractivity contribution is 0.426. The standard InChI is InChI=1S/C28H24BNO2/c1-21-27-18-17-26(29(31)32)19-22(27)20-30(21)28(23-11-5-2-6-12-23,24-13-7-3-8-14-24)25-15-9-4-10-16-25/h2-20,31-32H,1H3. The molecule has 0 fully saturated rings. The van der Waals surface area contributed by atoms with Crippen LogP contribution in [0.15, 0.2) is 115 Å². The smallest absolute Gasteiger partial charge is 0.423 e. The number of hydrogen-bond acceptors (Lipinski definition) is 2. The Morgan fingerprint density at radius 3 is 1.56 bits per heavy atom. The van der Waals surface area contributed by atoms with Gasteiger partial charge in [-0.2, -0.15) is 0 Å².